The first-order valence-electron chi connectivity index (χ1n) is 4.35. The maximum absolute atomic E-state index is 2.41. The van der Waals surface area contributed by atoms with Gasteiger partial charge >= 0.3 is 0 Å². The van der Waals surface area contributed by atoms with Gasteiger partial charge in [0.2, 0.25) is 0 Å². The van der Waals surface area contributed by atoms with E-state index in [-0.39, 0.29) is 0 Å². The SMILES string of the molecule is CC1=[N+](C)C(C)(C)CC1(C)C. The van der Waals surface area contributed by atoms with Crippen molar-refractivity contribution in [2.24, 2.45) is 5.41 Å². The van der Waals surface area contributed by atoms with Crippen LogP contribution < -0.4 is 0 Å². The van der Waals surface area contributed by atoms with Crippen LogP contribution in [0.25, 0.3) is 0 Å². The Labute approximate surface area is 70.1 Å². The molecule has 0 spiro atoms. The molecule has 1 heteroatoms. The molecular formula is C10H20N+. The van der Waals surface area contributed by atoms with E-state index in [1.54, 1.807) is 0 Å². The lowest BCUT2D eigenvalue weighted by Gasteiger charge is -2.17. The predicted octanol–water partition coefficient (Wildman–Crippen LogP) is 2.30. The van der Waals surface area contributed by atoms with Crippen molar-refractivity contribution in [2.75, 3.05) is 7.05 Å². The summed E-state index contributed by atoms with van der Waals surface area (Å²) in [6.07, 6.45) is 1.27. The molecule has 0 radical (unpaired) electrons. The summed E-state index contributed by atoms with van der Waals surface area (Å²) in [5.41, 5.74) is 2.27. The van der Waals surface area contributed by atoms with Gasteiger partial charge in [0.15, 0.2) is 11.3 Å². The van der Waals surface area contributed by atoms with Crippen molar-refractivity contribution < 1.29 is 4.58 Å². The van der Waals surface area contributed by atoms with Crippen LogP contribution in [0.5, 0.6) is 0 Å². The van der Waals surface area contributed by atoms with Crippen LogP contribution in [0.3, 0.4) is 0 Å². The first-order chi connectivity index (χ1) is 4.77. The van der Waals surface area contributed by atoms with Gasteiger partial charge in [-0.05, 0) is 13.8 Å². The molecule has 0 aromatic rings. The molecule has 0 N–H and O–H groups in total. The highest BCUT2D eigenvalue weighted by atomic mass is 15.1. The summed E-state index contributed by atoms with van der Waals surface area (Å²) in [6, 6.07) is 0. The van der Waals surface area contributed by atoms with Crippen molar-refractivity contribution in [3.8, 4) is 0 Å². The zero-order valence-electron chi connectivity index (χ0n) is 8.65. The Morgan fingerprint density at radius 1 is 1.18 bits per heavy atom. The van der Waals surface area contributed by atoms with Crippen LogP contribution >= 0.6 is 0 Å². The standard InChI is InChI=1S/C10H20N/c1-8-9(2,3)7-10(4,5)11(8)6/h7H2,1-6H3/q+1. The van der Waals surface area contributed by atoms with Gasteiger partial charge in [0.05, 0.1) is 5.41 Å². The van der Waals surface area contributed by atoms with Gasteiger partial charge in [-0.3, -0.25) is 0 Å². The topological polar surface area (TPSA) is 3.01 Å². The second kappa shape index (κ2) is 2.09. The van der Waals surface area contributed by atoms with E-state index in [0.29, 0.717) is 11.0 Å². The molecule has 1 nitrogen and oxygen atoms in total. The van der Waals surface area contributed by atoms with E-state index in [4.69, 9.17) is 0 Å². The van der Waals surface area contributed by atoms with Crippen LogP contribution in [-0.2, 0) is 0 Å². The van der Waals surface area contributed by atoms with Crippen molar-refractivity contribution in [3.63, 3.8) is 0 Å². The molecule has 0 saturated carbocycles. The Hall–Kier alpha value is -0.330. The van der Waals surface area contributed by atoms with Gasteiger partial charge in [0.1, 0.15) is 7.05 Å². The second-order valence-corrected chi connectivity index (χ2v) is 5.02. The van der Waals surface area contributed by atoms with Crippen molar-refractivity contribution in [1.82, 2.24) is 0 Å². The smallest absolute Gasteiger partial charge is 0.157 e. The zero-order chi connectivity index (χ0) is 8.86. The molecule has 64 valence electrons. The van der Waals surface area contributed by atoms with E-state index < -0.39 is 0 Å². The molecule has 0 aromatic carbocycles. The fourth-order valence-electron chi connectivity index (χ4n) is 2.24. The Morgan fingerprint density at radius 3 is 1.73 bits per heavy atom. The van der Waals surface area contributed by atoms with Crippen LogP contribution in [0.1, 0.15) is 41.0 Å². The van der Waals surface area contributed by atoms with Gasteiger partial charge in [-0.1, -0.05) is 13.8 Å². The number of nitrogens with zero attached hydrogens (tertiary/aromatic N) is 1. The summed E-state index contributed by atoms with van der Waals surface area (Å²) in [4.78, 5) is 0. The fraction of sp³-hybridized carbons (Fsp3) is 0.900. The molecule has 0 aliphatic carbocycles. The lowest BCUT2D eigenvalue weighted by Crippen LogP contribution is -2.29. The lowest BCUT2D eigenvalue weighted by molar-refractivity contribution is -0.566. The first-order valence-corrected chi connectivity index (χ1v) is 4.35. The Morgan fingerprint density at radius 2 is 1.64 bits per heavy atom. The van der Waals surface area contributed by atoms with Crippen LogP contribution in [-0.4, -0.2) is 22.9 Å². The zero-order valence-corrected chi connectivity index (χ0v) is 8.65. The van der Waals surface area contributed by atoms with Crippen molar-refractivity contribution in [3.05, 3.63) is 0 Å². The van der Waals surface area contributed by atoms with E-state index in [0.717, 1.165) is 0 Å². The lowest BCUT2D eigenvalue weighted by atomic mass is 9.82. The number of rotatable bonds is 0. The molecule has 0 atom stereocenters. The van der Waals surface area contributed by atoms with Crippen LogP contribution in [0.15, 0.2) is 0 Å². The maximum atomic E-state index is 2.41. The van der Waals surface area contributed by atoms with Crippen molar-refractivity contribution in [1.29, 1.82) is 0 Å². The highest BCUT2D eigenvalue weighted by Gasteiger charge is 2.47. The average Bonchev–Trinajstić information content (AvgIpc) is 1.91. The Kier molecular flexibility index (Phi) is 1.66. The quantitative estimate of drug-likeness (QED) is 0.471. The van der Waals surface area contributed by atoms with E-state index in [1.807, 2.05) is 0 Å². The largest absolute Gasteiger partial charge is 0.235 e. The maximum Gasteiger partial charge on any atom is 0.157 e. The summed E-state index contributed by atoms with van der Waals surface area (Å²) in [6.45, 7) is 11.5. The first kappa shape index (κ1) is 8.76. The molecule has 0 aromatic heterocycles. The van der Waals surface area contributed by atoms with Gasteiger partial charge in [-0.25, -0.2) is 4.58 Å². The third-order valence-electron chi connectivity index (χ3n) is 3.27. The molecule has 11 heavy (non-hydrogen) atoms. The molecule has 0 fully saturated rings. The fourth-order valence-corrected chi connectivity index (χ4v) is 2.24. The van der Waals surface area contributed by atoms with Gasteiger partial charge in [-0.2, -0.15) is 0 Å². The Balaban J connectivity index is 3.09. The number of hydrogen-bond acceptors (Lipinski definition) is 0. The summed E-state index contributed by atoms with van der Waals surface area (Å²) < 4.78 is 2.41. The summed E-state index contributed by atoms with van der Waals surface area (Å²) >= 11 is 0. The van der Waals surface area contributed by atoms with E-state index >= 15 is 0 Å². The van der Waals surface area contributed by atoms with Crippen molar-refractivity contribution >= 4 is 5.71 Å². The Bertz CT molecular complexity index is 187. The third kappa shape index (κ3) is 1.21. The van der Waals surface area contributed by atoms with Crippen molar-refractivity contribution in [2.45, 2.75) is 46.6 Å². The molecule has 0 unspecified atom stereocenters. The second-order valence-electron chi connectivity index (χ2n) is 5.02. The third-order valence-corrected chi connectivity index (χ3v) is 3.27. The molecule has 0 amide bonds. The summed E-state index contributed by atoms with van der Waals surface area (Å²) in [5.74, 6) is 0. The predicted molar refractivity (Wildman–Crippen MR) is 49.3 cm³/mol. The van der Waals surface area contributed by atoms with Crippen LogP contribution in [0.2, 0.25) is 0 Å². The summed E-state index contributed by atoms with van der Waals surface area (Å²) in [7, 11) is 2.20. The monoisotopic (exact) mass is 154 g/mol. The summed E-state index contributed by atoms with van der Waals surface area (Å²) in [5, 5.41) is 0. The van der Waals surface area contributed by atoms with E-state index in [9.17, 15) is 0 Å². The molecule has 1 rings (SSSR count). The number of hydrogen-bond donors (Lipinski definition) is 0. The molecule has 1 heterocycles. The molecule has 0 saturated heterocycles. The highest BCUT2D eigenvalue weighted by molar-refractivity contribution is 5.84. The van der Waals surface area contributed by atoms with Gasteiger partial charge in [0.25, 0.3) is 0 Å². The van der Waals surface area contributed by atoms with Gasteiger partial charge < -0.3 is 0 Å². The normalized spacial score (nSPS) is 27.8. The molecular weight excluding hydrogens is 134 g/mol. The molecule has 1 aliphatic rings. The minimum Gasteiger partial charge on any atom is -0.235 e. The molecule has 0 bridgehead atoms. The van der Waals surface area contributed by atoms with Gasteiger partial charge in [0, 0.05) is 13.3 Å². The van der Waals surface area contributed by atoms with Gasteiger partial charge in [-0.15, -0.1) is 0 Å². The minimum absolute atomic E-state index is 0.355. The van der Waals surface area contributed by atoms with E-state index in [1.165, 1.54) is 12.1 Å². The van der Waals surface area contributed by atoms with E-state index in [2.05, 4.69) is 46.2 Å². The van der Waals surface area contributed by atoms with Crippen LogP contribution in [0, 0.1) is 5.41 Å². The highest BCUT2D eigenvalue weighted by Crippen LogP contribution is 2.37. The average molecular weight is 154 g/mol. The van der Waals surface area contributed by atoms with Crippen LogP contribution in [0.4, 0.5) is 0 Å². The minimum atomic E-state index is 0.355. The molecule has 1 aliphatic heterocycles.